The number of aryl methyl sites for hydroxylation is 1. The summed E-state index contributed by atoms with van der Waals surface area (Å²) in [6, 6.07) is 14.5. The highest BCUT2D eigenvalue weighted by Gasteiger charge is 2.36. The lowest BCUT2D eigenvalue weighted by Crippen LogP contribution is -2.38. The minimum Gasteiger partial charge on any atom is -0.310 e. The molecular formula is C28H25F2N3OS2. The van der Waals surface area contributed by atoms with Crippen molar-refractivity contribution >= 4 is 34.8 Å². The van der Waals surface area contributed by atoms with Crippen LogP contribution in [0.5, 0.6) is 0 Å². The predicted octanol–water partition coefficient (Wildman–Crippen LogP) is 7.55. The number of fused-ring (bicyclic) bond motifs is 5. The molecule has 1 atom stereocenters. The van der Waals surface area contributed by atoms with E-state index in [1.165, 1.54) is 16.9 Å². The summed E-state index contributed by atoms with van der Waals surface area (Å²) in [5, 5.41) is 3.81. The van der Waals surface area contributed by atoms with Crippen molar-refractivity contribution in [2.75, 3.05) is 11.6 Å². The van der Waals surface area contributed by atoms with E-state index in [9.17, 15) is 13.6 Å². The van der Waals surface area contributed by atoms with E-state index in [0.29, 0.717) is 6.54 Å². The summed E-state index contributed by atoms with van der Waals surface area (Å²) in [7, 11) is 0. The molecule has 0 saturated heterocycles. The first-order valence-corrected chi connectivity index (χ1v) is 14.1. The first-order valence-electron chi connectivity index (χ1n) is 12.0. The SMILES string of the molecule is CSc1ccc([C@@H]2c3cccn3-c3sc4c(c3CN2C(=O)Nc2cc(F)ccc2F)CCCC4)cc1. The Morgan fingerprint density at radius 2 is 1.86 bits per heavy atom. The third-order valence-electron chi connectivity index (χ3n) is 7.04. The van der Waals surface area contributed by atoms with Gasteiger partial charge in [0.25, 0.3) is 0 Å². The molecule has 1 N–H and O–H groups in total. The number of thiophene rings is 1. The average molecular weight is 522 g/mol. The van der Waals surface area contributed by atoms with E-state index in [-0.39, 0.29) is 5.69 Å². The molecule has 4 aromatic rings. The molecule has 8 heteroatoms. The number of thioether (sulfide) groups is 1. The van der Waals surface area contributed by atoms with Crippen LogP contribution < -0.4 is 5.32 Å². The molecule has 2 amide bonds. The Morgan fingerprint density at radius 1 is 1.06 bits per heavy atom. The van der Waals surface area contributed by atoms with Crippen molar-refractivity contribution in [3.8, 4) is 5.00 Å². The van der Waals surface area contributed by atoms with Crippen LogP contribution in [0.25, 0.3) is 5.00 Å². The average Bonchev–Trinajstić information content (AvgIpc) is 3.48. The number of carbonyl (C=O) groups is 1. The van der Waals surface area contributed by atoms with Gasteiger partial charge in [-0.15, -0.1) is 23.1 Å². The minimum atomic E-state index is -0.669. The van der Waals surface area contributed by atoms with Crippen LogP contribution in [-0.4, -0.2) is 21.8 Å². The van der Waals surface area contributed by atoms with Crippen molar-refractivity contribution in [2.45, 2.75) is 43.2 Å². The number of anilines is 1. The van der Waals surface area contributed by atoms with Gasteiger partial charge in [-0.2, -0.15) is 0 Å². The molecule has 4 nitrogen and oxygen atoms in total. The molecule has 1 aliphatic carbocycles. The molecular weight excluding hydrogens is 496 g/mol. The lowest BCUT2D eigenvalue weighted by molar-refractivity contribution is 0.194. The van der Waals surface area contributed by atoms with Gasteiger partial charge in [-0.3, -0.25) is 0 Å². The zero-order valence-corrected chi connectivity index (χ0v) is 21.4. The highest BCUT2D eigenvalue weighted by molar-refractivity contribution is 7.98. The third-order valence-corrected chi connectivity index (χ3v) is 9.12. The summed E-state index contributed by atoms with van der Waals surface area (Å²) in [6.07, 6.45) is 8.46. The highest BCUT2D eigenvalue weighted by atomic mass is 32.2. The normalized spacial score (nSPS) is 16.6. The second-order valence-electron chi connectivity index (χ2n) is 9.16. The molecule has 36 heavy (non-hydrogen) atoms. The molecule has 0 radical (unpaired) electrons. The van der Waals surface area contributed by atoms with Crippen LogP contribution in [0.4, 0.5) is 19.3 Å². The molecule has 0 saturated carbocycles. The number of carbonyl (C=O) groups excluding carboxylic acids is 1. The largest absolute Gasteiger partial charge is 0.323 e. The Labute approximate surface area is 216 Å². The standard InChI is InChI=1S/C28H25F2N3OS2/c1-35-19-11-8-17(9-12-19)26-24-6-4-14-32(24)27-21(20-5-2-3-7-25(20)36-27)16-33(26)28(34)31-23-15-18(29)10-13-22(23)30/h4,6,8-15,26H,2-3,5,7,16H2,1H3,(H,31,34)/t26-/m1/s1. The van der Waals surface area contributed by atoms with Gasteiger partial charge in [0.2, 0.25) is 0 Å². The number of aromatic nitrogens is 1. The second kappa shape index (κ2) is 9.41. The second-order valence-corrected chi connectivity index (χ2v) is 11.1. The molecule has 2 aromatic heterocycles. The highest BCUT2D eigenvalue weighted by Crippen LogP contribution is 2.44. The number of hydrogen-bond donors (Lipinski definition) is 1. The van der Waals surface area contributed by atoms with Gasteiger partial charge in [-0.1, -0.05) is 12.1 Å². The molecule has 184 valence electrons. The monoisotopic (exact) mass is 521 g/mol. The van der Waals surface area contributed by atoms with Gasteiger partial charge in [0.05, 0.1) is 24.0 Å². The van der Waals surface area contributed by atoms with Crippen LogP contribution in [0.3, 0.4) is 0 Å². The van der Waals surface area contributed by atoms with Gasteiger partial charge in [-0.05, 0) is 79.5 Å². The van der Waals surface area contributed by atoms with Gasteiger partial charge in [0.1, 0.15) is 16.6 Å². The fourth-order valence-corrected chi connectivity index (χ4v) is 7.12. The molecule has 6 rings (SSSR count). The Morgan fingerprint density at radius 3 is 2.67 bits per heavy atom. The van der Waals surface area contributed by atoms with Crippen molar-refractivity contribution in [1.82, 2.24) is 9.47 Å². The van der Waals surface area contributed by atoms with E-state index in [2.05, 4.69) is 28.2 Å². The quantitative estimate of drug-likeness (QED) is 0.283. The number of rotatable bonds is 3. The van der Waals surface area contributed by atoms with Crippen molar-refractivity contribution in [3.63, 3.8) is 0 Å². The summed E-state index contributed by atoms with van der Waals surface area (Å²) < 4.78 is 30.6. The van der Waals surface area contributed by atoms with Gasteiger partial charge >= 0.3 is 6.03 Å². The van der Waals surface area contributed by atoms with E-state index in [1.807, 2.05) is 41.9 Å². The number of halogens is 2. The summed E-state index contributed by atoms with van der Waals surface area (Å²) in [5.41, 5.74) is 4.27. The maximum atomic E-state index is 14.5. The van der Waals surface area contributed by atoms with Crippen LogP contribution in [-0.2, 0) is 19.4 Å². The fraction of sp³-hybridized carbons (Fsp3) is 0.250. The number of benzene rings is 2. The van der Waals surface area contributed by atoms with E-state index in [0.717, 1.165) is 64.2 Å². The summed E-state index contributed by atoms with van der Waals surface area (Å²) in [5.74, 6) is -1.27. The molecule has 0 fully saturated rings. The summed E-state index contributed by atoms with van der Waals surface area (Å²) in [4.78, 5) is 18.1. The van der Waals surface area contributed by atoms with Crippen LogP contribution in [0, 0.1) is 11.6 Å². The van der Waals surface area contributed by atoms with E-state index in [4.69, 9.17) is 0 Å². The maximum absolute atomic E-state index is 14.5. The minimum absolute atomic E-state index is 0.163. The first-order chi connectivity index (χ1) is 17.5. The Balaban J connectivity index is 1.49. The molecule has 2 aliphatic rings. The summed E-state index contributed by atoms with van der Waals surface area (Å²) in [6.45, 7) is 0.389. The van der Waals surface area contributed by atoms with Crippen LogP contribution in [0.1, 0.15) is 46.1 Å². The third kappa shape index (κ3) is 4.02. The van der Waals surface area contributed by atoms with Crippen molar-refractivity contribution in [1.29, 1.82) is 0 Å². The lowest BCUT2D eigenvalue weighted by atomic mass is 9.95. The molecule has 0 unspecified atom stereocenters. The Bertz CT molecular complexity index is 1440. The van der Waals surface area contributed by atoms with E-state index in [1.54, 1.807) is 16.7 Å². The molecule has 0 bridgehead atoms. The topological polar surface area (TPSA) is 37.3 Å². The van der Waals surface area contributed by atoms with Crippen molar-refractivity contribution in [2.24, 2.45) is 0 Å². The van der Waals surface area contributed by atoms with Gasteiger partial charge in [-0.25, -0.2) is 13.6 Å². The Hall–Kier alpha value is -3.10. The van der Waals surface area contributed by atoms with E-state index >= 15 is 0 Å². The first kappa shape index (κ1) is 23.3. The molecule has 3 heterocycles. The maximum Gasteiger partial charge on any atom is 0.323 e. The number of hydrogen-bond acceptors (Lipinski definition) is 3. The molecule has 2 aromatic carbocycles. The van der Waals surface area contributed by atoms with Crippen molar-refractivity contribution < 1.29 is 13.6 Å². The van der Waals surface area contributed by atoms with Gasteiger partial charge < -0.3 is 14.8 Å². The smallest absolute Gasteiger partial charge is 0.310 e. The van der Waals surface area contributed by atoms with Crippen LogP contribution >= 0.6 is 23.1 Å². The van der Waals surface area contributed by atoms with Gasteiger partial charge in [0.15, 0.2) is 0 Å². The zero-order chi connectivity index (χ0) is 24.8. The number of amides is 2. The zero-order valence-electron chi connectivity index (χ0n) is 19.8. The molecule has 1 aliphatic heterocycles. The molecule has 0 spiro atoms. The van der Waals surface area contributed by atoms with Gasteiger partial charge in [0, 0.05) is 27.6 Å². The summed E-state index contributed by atoms with van der Waals surface area (Å²) >= 11 is 3.48. The number of urea groups is 1. The van der Waals surface area contributed by atoms with Crippen LogP contribution in [0.2, 0.25) is 0 Å². The predicted molar refractivity (Wildman–Crippen MR) is 141 cm³/mol. The Kier molecular flexibility index (Phi) is 6.09. The van der Waals surface area contributed by atoms with E-state index < -0.39 is 23.7 Å². The lowest BCUT2D eigenvalue weighted by Gasteiger charge is -2.31. The van der Waals surface area contributed by atoms with Crippen LogP contribution in [0.15, 0.2) is 65.7 Å². The number of nitrogens with zero attached hydrogens (tertiary/aromatic N) is 2. The number of nitrogens with one attached hydrogen (secondary N) is 1. The van der Waals surface area contributed by atoms with Crippen molar-refractivity contribution in [3.05, 3.63) is 99.7 Å². The fourth-order valence-electron chi connectivity index (χ4n) is 5.30.